The Labute approximate surface area is 139 Å². The van der Waals surface area contributed by atoms with Crippen LogP contribution in [0, 0.1) is 0 Å². The fourth-order valence-corrected chi connectivity index (χ4v) is 3.22. The normalized spacial score (nSPS) is 14.8. The van der Waals surface area contributed by atoms with Crippen LogP contribution >= 0.6 is 0 Å². The van der Waals surface area contributed by atoms with Crippen LogP contribution in [0.25, 0.3) is 11.0 Å². The van der Waals surface area contributed by atoms with Gasteiger partial charge in [-0.2, -0.15) is 0 Å². The molecule has 1 aromatic carbocycles. The first-order chi connectivity index (χ1) is 11.6. The first-order valence-electron chi connectivity index (χ1n) is 8.24. The number of nitrogens with zero attached hydrogens (tertiary/aromatic N) is 3. The van der Waals surface area contributed by atoms with Gasteiger partial charge in [-0.3, -0.25) is 23.5 Å². The minimum Gasteiger partial charge on any atom is -0.341 e. The molecular formula is C18H21N3O3. The van der Waals surface area contributed by atoms with Crippen LogP contribution in [-0.2, 0) is 17.9 Å². The lowest BCUT2D eigenvalue weighted by Crippen LogP contribution is -2.45. The molecule has 0 radical (unpaired) electrons. The summed E-state index contributed by atoms with van der Waals surface area (Å²) in [4.78, 5) is 39.2. The zero-order valence-electron chi connectivity index (χ0n) is 13.6. The Morgan fingerprint density at radius 3 is 2.21 bits per heavy atom. The second-order valence-electron chi connectivity index (χ2n) is 6.03. The van der Waals surface area contributed by atoms with Gasteiger partial charge in [-0.05, 0) is 31.4 Å². The monoisotopic (exact) mass is 327 g/mol. The summed E-state index contributed by atoms with van der Waals surface area (Å²) in [6, 6.07) is 7.15. The molecular weight excluding hydrogens is 306 g/mol. The minimum atomic E-state index is -0.666. The molecule has 1 fully saturated rings. The smallest absolute Gasteiger partial charge is 0.317 e. The number of carbonyl (C=O) groups is 1. The number of hydrogen-bond donors (Lipinski definition) is 0. The van der Waals surface area contributed by atoms with Gasteiger partial charge < -0.3 is 4.90 Å². The van der Waals surface area contributed by atoms with E-state index in [1.165, 1.54) is 9.13 Å². The third-order valence-electron chi connectivity index (χ3n) is 4.45. The maximum absolute atomic E-state index is 12.5. The Kier molecular flexibility index (Phi) is 4.64. The van der Waals surface area contributed by atoms with E-state index in [9.17, 15) is 14.4 Å². The molecule has 3 rings (SSSR count). The molecule has 1 aromatic heterocycles. The summed E-state index contributed by atoms with van der Waals surface area (Å²) in [5, 5.41) is 0. The second-order valence-corrected chi connectivity index (χ2v) is 6.03. The van der Waals surface area contributed by atoms with Gasteiger partial charge in [-0.15, -0.1) is 6.58 Å². The van der Waals surface area contributed by atoms with Crippen molar-refractivity contribution in [2.75, 3.05) is 13.1 Å². The first-order valence-corrected chi connectivity index (χ1v) is 8.24. The Hall–Kier alpha value is -2.63. The number of likely N-dealkylation sites (tertiary alicyclic amines) is 1. The summed E-state index contributed by atoms with van der Waals surface area (Å²) in [5.41, 5.74) is -0.0660. The predicted molar refractivity (Wildman–Crippen MR) is 93.1 cm³/mol. The Balaban J connectivity index is 2.08. The van der Waals surface area contributed by atoms with Gasteiger partial charge in [-0.1, -0.05) is 18.2 Å². The van der Waals surface area contributed by atoms with Crippen molar-refractivity contribution >= 4 is 16.9 Å². The zero-order chi connectivity index (χ0) is 17.1. The van der Waals surface area contributed by atoms with Crippen molar-refractivity contribution in [1.29, 1.82) is 0 Å². The molecule has 6 heteroatoms. The van der Waals surface area contributed by atoms with Crippen molar-refractivity contribution in [3.8, 4) is 0 Å². The number of allylic oxidation sites excluding steroid dienone is 1. The van der Waals surface area contributed by atoms with E-state index in [1.54, 1.807) is 29.2 Å². The van der Waals surface area contributed by atoms with E-state index in [0.717, 1.165) is 32.4 Å². The van der Waals surface area contributed by atoms with Crippen molar-refractivity contribution in [3.63, 3.8) is 0 Å². The molecule has 0 saturated carbocycles. The fourth-order valence-electron chi connectivity index (χ4n) is 3.22. The van der Waals surface area contributed by atoms with E-state index in [1.807, 2.05) is 6.07 Å². The van der Waals surface area contributed by atoms with E-state index in [2.05, 4.69) is 6.58 Å². The molecule has 1 aliphatic heterocycles. The number of fused-ring (bicyclic) bond motifs is 1. The van der Waals surface area contributed by atoms with Gasteiger partial charge in [0, 0.05) is 19.6 Å². The number of piperidine rings is 1. The average Bonchev–Trinajstić information content (AvgIpc) is 2.63. The third kappa shape index (κ3) is 2.91. The summed E-state index contributed by atoms with van der Waals surface area (Å²) in [5.74, 6) is -0.108. The average molecular weight is 327 g/mol. The lowest BCUT2D eigenvalue weighted by molar-refractivity contribution is -0.132. The number of benzene rings is 1. The van der Waals surface area contributed by atoms with Crippen molar-refractivity contribution in [3.05, 3.63) is 57.6 Å². The van der Waals surface area contributed by atoms with Crippen LogP contribution in [0.4, 0.5) is 0 Å². The van der Waals surface area contributed by atoms with Gasteiger partial charge in [0.05, 0.1) is 11.0 Å². The van der Waals surface area contributed by atoms with Crippen LogP contribution in [0.2, 0.25) is 0 Å². The maximum atomic E-state index is 12.5. The molecule has 0 spiro atoms. The predicted octanol–water partition coefficient (Wildman–Crippen LogP) is 1.36. The van der Waals surface area contributed by atoms with Crippen LogP contribution < -0.4 is 11.1 Å². The van der Waals surface area contributed by atoms with E-state index >= 15 is 0 Å². The highest BCUT2D eigenvalue weighted by Crippen LogP contribution is 2.13. The molecule has 1 aliphatic rings. The van der Waals surface area contributed by atoms with Gasteiger partial charge >= 0.3 is 11.1 Å². The van der Waals surface area contributed by atoms with Crippen molar-refractivity contribution < 1.29 is 4.79 Å². The molecule has 0 aliphatic carbocycles. The van der Waals surface area contributed by atoms with Gasteiger partial charge in [0.15, 0.2) is 0 Å². The molecule has 2 heterocycles. The SMILES string of the molecule is C=CCn1c(=O)c(=O)n(CC(=O)N2CCCCC2)c2ccccc21. The lowest BCUT2D eigenvalue weighted by atomic mass is 10.1. The Bertz CT molecular complexity index is 888. The van der Waals surface area contributed by atoms with Crippen molar-refractivity contribution in [2.45, 2.75) is 32.4 Å². The number of amides is 1. The summed E-state index contributed by atoms with van der Waals surface area (Å²) < 4.78 is 2.70. The molecule has 0 atom stereocenters. The number of para-hydroxylation sites is 2. The zero-order valence-corrected chi connectivity index (χ0v) is 13.6. The van der Waals surface area contributed by atoms with Crippen LogP contribution in [0.1, 0.15) is 19.3 Å². The summed E-state index contributed by atoms with van der Waals surface area (Å²) in [6.07, 6.45) is 4.69. The molecule has 1 saturated heterocycles. The standard InChI is InChI=1S/C18H21N3O3/c1-2-10-20-14-8-4-5-9-15(14)21(18(24)17(20)23)13-16(22)19-11-6-3-7-12-19/h2,4-5,8-9H,1,3,6-7,10-13H2. The van der Waals surface area contributed by atoms with Gasteiger partial charge in [0.2, 0.25) is 5.91 Å². The molecule has 0 N–H and O–H groups in total. The first kappa shape index (κ1) is 16.2. The van der Waals surface area contributed by atoms with Crippen LogP contribution in [0.3, 0.4) is 0 Å². The molecule has 0 unspecified atom stereocenters. The Morgan fingerprint density at radius 2 is 1.58 bits per heavy atom. The number of hydrogen-bond acceptors (Lipinski definition) is 3. The summed E-state index contributed by atoms with van der Waals surface area (Å²) in [6.45, 7) is 5.24. The van der Waals surface area contributed by atoms with E-state index in [-0.39, 0.29) is 19.0 Å². The number of aromatic nitrogens is 2. The van der Waals surface area contributed by atoms with Crippen molar-refractivity contribution in [1.82, 2.24) is 14.0 Å². The molecule has 24 heavy (non-hydrogen) atoms. The second kappa shape index (κ2) is 6.86. The van der Waals surface area contributed by atoms with Crippen LogP contribution in [-0.4, -0.2) is 33.0 Å². The lowest BCUT2D eigenvalue weighted by Gasteiger charge is -2.27. The van der Waals surface area contributed by atoms with Crippen molar-refractivity contribution in [2.24, 2.45) is 0 Å². The fraction of sp³-hybridized carbons (Fsp3) is 0.389. The molecule has 0 bridgehead atoms. The highest BCUT2D eigenvalue weighted by atomic mass is 16.2. The third-order valence-corrected chi connectivity index (χ3v) is 4.45. The maximum Gasteiger partial charge on any atom is 0.317 e. The van der Waals surface area contributed by atoms with Gasteiger partial charge in [0.1, 0.15) is 6.54 Å². The molecule has 1 amide bonds. The topological polar surface area (TPSA) is 64.3 Å². The van der Waals surface area contributed by atoms with E-state index in [4.69, 9.17) is 0 Å². The van der Waals surface area contributed by atoms with E-state index in [0.29, 0.717) is 11.0 Å². The number of rotatable bonds is 4. The van der Waals surface area contributed by atoms with Crippen LogP contribution in [0.5, 0.6) is 0 Å². The highest BCUT2D eigenvalue weighted by molar-refractivity contribution is 5.80. The van der Waals surface area contributed by atoms with E-state index < -0.39 is 11.1 Å². The van der Waals surface area contributed by atoms with Crippen LogP contribution in [0.15, 0.2) is 46.5 Å². The molecule has 126 valence electrons. The minimum absolute atomic E-state index is 0.0937. The largest absolute Gasteiger partial charge is 0.341 e. The Morgan fingerprint density at radius 1 is 1.00 bits per heavy atom. The van der Waals surface area contributed by atoms with Gasteiger partial charge in [0.25, 0.3) is 0 Å². The molecule has 2 aromatic rings. The number of carbonyl (C=O) groups excluding carboxylic acids is 1. The molecule has 6 nitrogen and oxygen atoms in total. The quantitative estimate of drug-likeness (QED) is 0.629. The van der Waals surface area contributed by atoms with Gasteiger partial charge in [-0.25, -0.2) is 0 Å². The summed E-state index contributed by atoms with van der Waals surface area (Å²) >= 11 is 0. The highest BCUT2D eigenvalue weighted by Gasteiger charge is 2.20. The summed E-state index contributed by atoms with van der Waals surface area (Å²) in [7, 11) is 0.